The monoisotopic (exact) mass is 449 g/mol. The van der Waals surface area contributed by atoms with E-state index in [0.717, 1.165) is 11.1 Å². The third-order valence-corrected chi connectivity index (χ3v) is 7.71. The number of hydrogen-bond acceptors (Lipinski definition) is 5. The lowest BCUT2D eigenvalue weighted by Crippen LogP contribution is -2.69. The summed E-state index contributed by atoms with van der Waals surface area (Å²) in [5, 5.41) is 0. The van der Waals surface area contributed by atoms with Crippen LogP contribution in [0.4, 0.5) is 0 Å². The van der Waals surface area contributed by atoms with Gasteiger partial charge in [0, 0.05) is 31.3 Å². The smallest absolute Gasteiger partial charge is 0.322 e. The number of amides is 1. The summed E-state index contributed by atoms with van der Waals surface area (Å²) < 4.78 is 17.9. The second-order valence-electron chi connectivity index (χ2n) is 9.32. The molecular weight excluding hydrogens is 418 g/mol. The highest BCUT2D eigenvalue weighted by atomic mass is 16.7. The molecule has 6 heteroatoms. The van der Waals surface area contributed by atoms with E-state index >= 15 is 0 Å². The minimum Gasteiger partial charge on any atom is -0.465 e. The van der Waals surface area contributed by atoms with E-state index in [9.17, 15) is 9.59 Å². The molecule has 6 nitrogen and oxygen atoms in total. The van der Waals surface area contributed by atoms with Crippen LogP contribution in [0.2, 0.25) is 0 Å². The van der Waals surface area contributed by atoms with Crippen LogP contribution in [0.1, 0.15) is 43.7 Å². The fraction of sp³-hybridized carbons (Fsp3) is 0.481. The van der Waals surface area contributed by atoms with Crippen molar-refractivity contribution >= 4 is 11.9 Å². The predicted molar refractivity (Wildman–Crippen MR) is 122 cm³/mol. The van der Waals surface area contributed by atoms with Gasteiger partial charge < -0.3 is 19.1 Å². The normalized spacial score (nSPS) is 28.5. The first kappa shape index (κ1) is 22.1. The maximum Gasteiger partial charge on any atom is 0.322 e. The Bertz CT molecular complexity index is 1000. The summed E-state index contributed by atoms with van der Waals surface area (Å²) in [7, 11) is 0. The lowest BCUT2D eigenvalue weighted by atomic mass is 9.48. The Kier molecular flexibility index (Phi) is 5.75. The van der Waals surface area contributed by atoms with E-state index in [1.807, 2.05) is 65.6 Å². The summed E-state index contributed by atoms with van der Waals surface area (Å²) >= 11 is 0. The molecule has 1 aliphatic carbocycles. The number of ether oxygens (including phenoxy) is 3. The lowest BCUT2D eigenvalue weighted by molar-refractivity contribution is -0.229. The quantitative estimate of drug-likeness (QED) is 0.513. The first-order valence-electron chi connectivity index (χ1n) is 11.9. The van der Waals surface area contributed by atoms with Crippen molar-refractivity contribution in [3.05, 3.63) is 71.8 Å². The second-order valence-corrected chi connectivity index (χ2v) is 9.32. The molecule has 0 N–H and O–H groups in total. The third-order valence-electron chi connectivity index (χ3n) is 7.71. The zero-order chi connectivity index (χ0) is 22.9. The predicted octanol–water partition coefficient (Wildman–Crippen LogP) is 3.83. The molecule has 33 heavy (non-hydrogen) atoms. The number of hydrogen-bond donors (Lipinski definition) is 0. The number of likely N-dealkylation sites (tertiary alicyclic amines) is 1. The van der Waals surface area contributed by atoms with Gasteiger partial charge in [-0.15, -0.1) is 0 Å². The summed E-state index contributed by atoms with van der Waals surface area (Å²) in [6.07, 6.45) is 1.94. The number of benzene rings is 2. The molecule has 5 rings (SSSR count). The SMILES string of the molecule is CCOC(=O)[C@]12CCC3(C[C@@]1(c1ccccc1)CCN(Cc1ccccc1)C2=O)OCCO3. The van der Waals surface area contributed by atoms with E-state index in [0.29, 0.717) is 52.0 Å². The number of nitrogens with zero attached hydrogens (tertiary/aromatic N) is 1. The van der Waals surface area contributed by atoms with Crippen LogP contribution in [-0.4, -0.2) is 48.9 Å². The first-order valence-corrected chi connectivity index (χ1v) is 11.9. The third kappa shape index (κ3) is 3.47. The van der Waals surface area contributed by atoms with Crippen molar-refractivity contribution in [2.24, 2.45) is 5.41 Å². The van der Waals surface area contributed by atoms with Gasteiger partial charge in [0.2, 0.25) is 5.91 Å². The Labute approximate surface area is 194 Å². The molecule has 1 saturated carbocycles. The number of carbonyl (C=O) groups excluding carboxylic acids is 2. The van der Waals surface area contributed by atoms with Gasteiger partial charge in [-0.3, -0.25) is 9.59 Å². The van der Waals surface area contributed by atoms with Crippen molar-refractivity contribution in [3.8, 4) is 0 Å². The molecule has 3 aliphatic rings. The summed E-state index contributed by atoms with van der Waals surface area (Å²) in [6, 6.07) is 19.9. The maximum atomic E-state index is 14.3. The van der Waals surface area contributed by atoms with Crippen LogP contribution in [0, 0.1) is 5.41 Å². The van der Waals surface area contributed by atoms with Gasteiger partial charge in [0.15, 0.2) is 11.2 Å². The molecule has 0 radical (unpaired) electrons. The van der Waals surface area contributed by atoms with Crippen LogP contribution < -0.4 is 0 Å². The molecule has 1 spiro atoms. The van der Waals surface area contributed by atoms with E-state index in [1.54, 1.807) is 6.92 Å². The first-order chi connectivity index (χ1) is 16.1. The van der Waals surface area contributed by atoms with Crippen LogP contribution >= 0.6 is 0 Å². The molecule has 2 aromatic rings. The Morgan fingerprint density at radius 3 is 2.30 bits per heavy atom. The van der Waals surface area contributed by atoms with E-state index in [1.165, 1.54) is 0 Å². The minimum absolute atomic E-state index is 0.146. The van der Waals surface area contributed by atoms with Crippen LogP contribution in [0.5, 0.6) is 0 Å². The average molecular weight is 450 g/mol. The van der Waals surface area contributed by atoms with Gasteiger partial charge in [-0.2, -0.15) is 0 Å². The molecule has 2 heterocycles. The van der Waals surface area contributed by atoms with Gasteiger partial charge in [0.1, 0.15) is 0 Å². The topological polar surface area (TPSA) is 65.1 Å². The Morgan fingerprint density at radius 2 is 1.64 bits per heavy atom. The summed E-state index contributed by atoms with van der Waals surface area (Å²) in [5.74, 6) is -1.33. The summed E-state index contributed by atoms with van der Waals surface area (Å²) in [4.78, 5) is 30.0. The van der Waals surface area contributed by atoms with E-state index in [-0.39, 0.29) is 12.5 Å². The van der Waals surface area contributed by atoms with Gasteiger partial charge in [-0.25, -0.2) is 0 Å². The standard InChI is InChI=1S/C27H31NO5/c1-2-31-24(30)27-14-13-26(32-17-18-33-26)20-25(27,22-11-7-4-8-12-22)15-16-28(23(27)29)19-21-9-5-3-6-10-21/h3-12H,2,13-20H2,1H3/t25-,27-/m1/s1. The van der Waals surface area contributed by atoms with Crippen molar-refractivity contribution in [1.29, 1.82) is 0 Å². The molecule has 0 unspecified atom stereocenters. The van der Waals surface area contributed by atoms with E-state index < -0.39 is 22.6 Å². The van der Waals surface area contributed by atoms with Crippen molar-refractivity contribution in [2.75, 3.05) is 26.4 Å². The van der Waals surface area contributed by atoms with Crippen LogP contribution in [-0.2, 0) is 35.8 Å². The largest absolute Gasteiger partial charge is 0.465 e. The molecule has 2 aliphatic heterocycles. The number of carbonyl (C=O) groups is 2. The van der Waals surface area contributed by atoms with Gasteiger partial charge in [0.25, 0.3) is 0 Å². The molecule has 3 fully saturated rings. The molecule has 2 aromatic carbocycles. The van der Waals surface area contributed by atoms with Gasteiger partial charge in [-0.1, -0.05) is 60.7 Å². The zero-order valence-electron chi connectivity index (χ0n) is 19.1. The summed E-state index contributed by atoms with van der Waals surface area (Å²) in [6.45, 7) is 4.12. The summed E-state index contributed by atoms with van der Waals surface area (Å²) in [5.41, 5.74) is -0.0403. The molecular formula is C27H31NO5. The highest BCUT2D eigenvalue weighted by Crippen LogP contribution is 2.61. The molecule has 1 amide bonds. The Hall–Kier alpha value is -2.70. The van der Waals surface area contributed by atoms with Crippen molar-refractivity contribution in [2.45, 2.75) is 50.4 Å². The minimum atomic E-state index is -1.31. The lowest BCUT2D eigenvalue weighted by Gasteiger charge is -2.59. The number of esters is 1. The van der Waals surface area contributed by atoms with Crippen LogP contribution in [0.3, 0.4) is 0 Å². The van der Waals surface area contributed by atoms with Crippen LogP contribution in [0.15, 0.2) is 60.7 Å². The van der Waals surface area contributed by atoms with Crippen LogP contribution in [0.25, 0.3) is 0 Å². The average Bonchev–Trinajstić information content (AvgIpc) is 3.30. The Morgan fingerprint density at radius 1 is 0.970 bits per heavy atom. The maximum absolute atomic E-state index is 14.3. The van der Waals surface area contributed by atoms with E-state index in [4.69, 9.17) is 14.2 Å². The molecule has 174 valence electrons. The van der Waals surface area contributed by atoms with Gasteiger partial charge in [-0.05, 0) is 30.9 Å². The number of piperidine rings is 1. The second kappa shape index (κ2) is 8.58. The fourth-order valence-corrected chi connectivity index (χ4v) is 6.21. The number of rotatable bonds is 5. The van der Waals surface area contributed by atoms with Crippen molar-refractivity contribution < 1.29 is 23.8 Å². The van der Waals surface area contributed by atoms with Crippen molar-refractivity contribution in [1.82, 2.24) is 4.90 Å². The molecule has 2 atom stereocenters. The zero-order valence-corrected chi connectivity index (χ0v) is 19.1. The fourth-order valence-electron chi connectivity index (χ4n) is 6.21. The Balaban J connectivity index is 1.62. The number of fused-ring (bicyclic) bond motifs is 1. The van der Waals surface area contributed by atoms with Gasteiger partial charge >= 0.3 is 5.97 Å². The molecule has 0 bridgehead atoms. The molecule has 2 saturated heterocycles. The highest BCUT2D eigenvalue weighted by Gasteiger charge is 2.71. The highest BCUT2D eigenvalue weighted by molar-refractivity contribution is 6.05. The van der Waals surface area contributed by atoms with Crippen molar-refractivity contribution in [3.63, 3.8) is 0 Å². The molecule has 0 aromatic heterocycles. The van der Waals surface area contributed by atoms with E-state index in [2.05, 4.69) is 0 Å². The van der Waals surface area contributed by atoms with Gasteiger partial charge in [0.05, 0.1) is 19.8 Å².